The van der Waals surface area contributed by atoms with Gasteiger partial charge in [-0.2, -0.15) is 0 Å². The number of rotatable bonds is 5. The van der Waals surface area contributed by atoms with Crippen LogP contribution in [0, 0.1) is 6.92 Å². The molecule has 0 saturated heterocycles. The number of benzene rings is 1. The van der Waals surface area contributed by atoms with Gasteiger partial charge in [0.1, 0.15) is 5.75 Å². The number of hydrogen-bond donors (Lipinski definition) is 2. The van der Waals surface area contributed by atoms with Crippen molar-refractivity contribution < 1.29 is 9.90 Å². The van der Waals surface area contributed by atoms with Gasteiger partial charge in [-0.05, 0) is 37.5 Å². The lowest BCUT2D eigenvalue weighted by molar-refractivity contribution is 0.0950. The Hall–Kier alpha value is -1.77. The number of phenolic OH excluding ortho intramolecular Hbond substituents is 1. The van der Waals surface area contributed by atoms with E-state index in [2.05, 4.69) is 11.9 Å². The van der Waals surface area contributed by atoms with E-state index < -0.39 is 0 Å². The highest BCUT2D eigenvalue weighted by Gasteiger charge is 2.09. The molecule has 1 aromatic carbocycles. The van der Waals surface area contributed by atoms with Gasteiger partial charge in [0.2, 0.25) is 0 Å². The molecule has 16 heavy (non-hydrogen) atoms. The molecule has 0 heterocycles. The van der Waals surface area contributed by atoms with E-state index in [1.807, 2.05) is 13.0 Å². The molecule has 0 unspecified atom stereocenters. The number of amides is 1. The molecule has 0 bridgehead atoms. The van der Waals surface area contributed by atoms with Gasteiger partial charge in [0.25, 0.3) is 5.91 Å². The molecule has 1 aromatic rings. The van der Waals surface area contributed by atoms with Gasteiger partial charge in [-0.15, -0.1) is 6.58 Å². The van der Waals surface area contributed by atoms with Crippen LogP contribution in [-0.4, -0.2) is 17.6 Å². The van der Waals surface area contributed by atoms with Crippen LogP contribution in [0.25, 0.3) is 0 Å². The van der Waals surface area contributed by atoms with Crippen LogP contribution in [0.3, 0.4) is 0 Å². The number of aryl methyl sites for hydroxylation is 1. The molecule has 0 saturated carbocycles. The number of hydrogen-bond acceptors (Lipinski definition) is 2. The summed E-state index contributed by atoms with van der Waals surface area (Å²) in [6.07, 6.45) is 3.55. The first-order chi connectivity index (χ1) is 7.65. The summed E-state index contributed by atoms with van der Waals surface area (Å²) in [5, 5.41) is 12.3. The van der Waals surface area contributed by atoms with Crippen molar-refractivity contribution in [2.75, 3.05) is 6.54 Å². The summed E-state index contributed by atoms with van der Waals surface area (Å²) < 4.78 is 0. The second kappa shape index (κ2) is 5.95. The summed E-state index contributed by atoms with van der Waals surface area (Å²) in [6.45, 7) is 6.07. The third kappa shape index (κ3) is 3.42. The largest absolute Gasteiger partial charge is 0.507 e. The highest BCUT2D eigenvalue weighted by atomic mass is 16.3. The first kappa shape index (κ1) is 12.3. The Balaban J connectivity index is 2.56. The molecule has 0 atom stereocenters. The van der Waals surface area contributed by atoms with Gasteiger partial charge in [-0.25, -0.2) is 0 Å². The van der Waals surface area contributed by atoms with E-state index in [4.69, 9.17) is 0 Å². The fraction of sp³-hybridized carbons (Fsp3) is 0.308. The standard InChI is InChI=1S/C13H17NO2/c1-3-4-5-8-14-13(16)11-7-6-10(2)9-12(11)15/h3,6-7,9,15H,1,4-5,8H2,2H3,(H,14,16). The van der Waals surface area contributed by atoms with E-state index in [0.717, 1.165) is 18.4 Å². The van der Waals surface area contributed by atoms with Crippen molar-refractivity contribution in [1.29, 1.82) is 0 Å². The van der Waals surface area contributed by atoms with Gasteiger partial charge >= 0.3 is 0 Å². The normalized spacial score (nSPS) is 9.81. The summed E-state index contributed by atoms with van der Waals surface area (Å²) in [6, 6.07) is 5.02. The highest BCUT2D eigenvalue weighted by molar-refractivity contribution is 5.96. The number of unbranched alkanes of at least 4 members (excludes halogenated alkanes) is 1. The van der Waals surface area contributed by atoms with E-state index in [-0.39, 0.29) is 11.7 Å². The second-order valence-corrected chi connectivity index (χ2v) is 3.71. The minimum Gasteiger partial charge on any atom is -0.507 e. The average Bonchev–Trinajstić information content (AvgIpc) is 2.24. The Bertz CT molecular complexity index is 386. The molecule has 3 heteroatoms. The monoisotopic (exact) mass is 219 g/mol. The van der Waals surface area contributed by atoms with Crippen molar-refractivity contribution in [3.63, 3.8) is 0 Å². The summed E-state index contributed by atoms with van der Waals surface area (Å²) in [5.74, 6) is -0.206. The average molecular weight is 219 g/mol. The Labute approximate surface area is 95.8 Å². The molecular formula is C13H17NO2. The Kier molecular flexibility index (Phi) is 4.58. The smallest absolute Gasteiger partial charge is 0.255 e. The van der Waals surface area contributed by atoms with Crippen LogP contribution in [0.2, 0.25) is 0 Å². The lowest BCUT2D eigenvalue weighted by Gasteiger charge is -2.06. The van der Waals surface area contributed by atoms with Gasteiger partial charge in [-0.1, -0.05) is 12.1 Å². The molecule has 0 aromatic heterocycles. The number of phenols is 1. The number of carbonyl (C=O) groups is 1. The molecule has 0 aliphatic heterocycles. The van der Waals surface area contributed by atoms with Crippen LogP contribution >= 0.6 is 0 Å². The van der Waals surface area contributed by atoms with Crippen molar-refractivity contribution in [3.8, 4) is 5.75 Å². The highest BCUT2D eigenvalue weighted by Crippen LogP contribution is 2.17. The SMILES string of the molecule is C=CCCCNC(=O)c1ccc(C)cc1O. The zero-order valence-corrected chi connectivity index (χ0v) is 9.49. The minimum atomic E-state index is -0.235. The number of carbonyl (C=O) groups excluding carboxylic acids is 1. The first-order valence-corrected chi connectivity index (χ1v) is 5.34. The molecule has 0 spiro atoms. The second-order valence-electron chi connectivity index (χ2n) is 3.71. The zero-order chi connectivity index (χ0) is 12.0. The molecule has 0 fully saturated rings. The summed E-state index contributed by atoms with van der Waals surface area (Å²) in [5.41, 5.74) is 1.25. The third-order valence-electron chi connectivity index (χ3n) is 2.27. The Morgan fingerprint density at radius 1 is 1.56 bits per heavy atom. The topological polar surface area (TPSA) is 49.3 Å². The van der Waals surface area contributed by atoms with E-state index >= 15 is 0 Å². The maximum absolute atomic E-state index is 11.6. The van der Waals surface area contributed by atoms with Crippen LogP contribution < -0.4 is 5.32 Å². The summed E-state index contributed by atoms with van der Waals surface area (Å²) in [7, 11) is 0. The van der Waals surface area contributed by atoms with Crippen LogP contribution in [0.15, 0.2) is 30.9 Å². The van der Waals surface area contributed by atoms with Crippen LogP contribution in [0.4, 0.5) is 0 Å². The molecule has 3 nitrogen and oxygen atoms in total. The fourth-order valence-corrected chi connectivity index (χ4v) is 1.38. The van der Waals surface area contributed by atoms with E-state index in [1.165, 1.54) is 0 Å². The molecule has 0 aliphatic carbocycles. The maximum atomic E-state index is 11.6. The van der Waals surface area contributed by atoms with Gasteiger partial charge in [-0.3, -0.25) is 4.79 Å². The number of aromatic hydroxyl groups is 1. The number of allylic oxidation sites excluding steroid dienone is 1. The molecule has 0 aliphatic rings. The van der Waals surface area contributed by atoms with E-state index in [9.17, 15) is 9.90 Å². The molecule has 1 amide bonds. The lowest BCUT2D eigenvalue weighted by atomic mass is 10.1. The predicted molar refractivity (Wildman–Crippen MR) is 64.6 cm³/mol. The van der Waals surface area contributed by atoms with Crippen LogP contribution in [0.5, 0.6) is 5.75 Å². The molecular weight excluding hydrogens is 202 g/mol. The predicted octanol–water partition coefficient (Wildman–Crippen LogP) is 2.40. The summed E-state index contributed by atoms with van der Waals surface area (Å²) >= 11 is 0. The summed E-state index contributed by atoms with van der Waals surface area (Å²) in [4.78, 5) is 11.6. The lowest BCUT2D eigenvalue weighted by Crippen LogP contribution is -2.24. The Morgan fingerprint density at radius 3 is 2.94 bits per heavy atom. The van der Waals surface area contributed by atoms with Crippen LogP contribution in [0.1, 0.15) is 28.8 Å². The van der Waals surface area contributed by atoms with Gasteiger partial charge in [0, 0.05) is 6.54 Å². The van der Waals surface area contributed by atoms with Gasteiger partial charge in [0.05, 0.1) is 5.56 Å². The van der Waals surface area contributed by atoms with Crippen molar-refractivity contribution in [3.05, 3.63) is 42.0 Å². The van der Waals surface area contributed by atoms with Crippen molar-refractivity contribution in [2.24, 2.45) is 0 Å². The zero-order valence-electron chi connectivity index (χ0n) is 9.49. The molecule has 86 valence electrons. The van der Waals surface area contributed by atoms with Crippen molar-refractivity contribution >= 4 is 5.91 Å². The first-order valence-electron chi connectivity index (χ1n) is 5.34. The number of nitrogens with one attached hydrogen (secondary N) is 1. The van der Waals surface area contributed by atoms with Crippen LogP contribution in [-0.2, 0) is 0 Å². The third-order valence-corrected chi connectivity index (χ3v) is 2.27. The maximum Gasteiger partial charge on any atom is 0.255 e. The van der Waals surface area contributed by atoms with Crippen molar-refractivity contribution in [1.82, 2.24) is 5.32 Å². The fourth-order valence-electron chi connectivity index (χ4n) is 1.38. The van der Waals surface area contributed by atoms with Crippen molar-refractivity contribution in [2.45, 2.75) is 19.8 Å². The van der Waals surface area contributed by atoms with E-state index in [0.29, 0.717) is 12.1 Å². The molecule has 0 radical (unpaired) electrons. The quantitative estimate of drug-likeness (QED) is 0.590. The van der Waals surface area contributed by atoms with Gasteiger partial charge < -0.3 is 10.4 Å². The molecule has 1 rings (SSSR count). The Morgan fingerprint density at radius 2 is 2.31 bits per heavy atom. The van der Waals surface area contributed by atoms with E-state index in [1.54, 1.807) is 18.2 Å². The minimum absolute atomic E-state index is 0.0289. The van der Waals surface area contributed by atoms with Gasteiger partial charge in [0.15, 0.2) is 0 Å². The molecule has 2 N–H and O–H groups in total.